The molecular formula is C17H22N2O10. The number of hydrogen-bond acceptors (Lipinski definition) is 10. The second kappa shape index (κ2) is 13.7. The lowest BCUT2D eigenvalue weighted by molar-refractivity contribution is -0.188. The Morgan fingerprint density at radius 2 is 1.34 bits per heavy atom. The van der Waals surface area contributed by atoms with E-state index in [-0.39, 0.29) is 63.0 Å². The predicted molar refractivity (Wildman–Crippen MR) is 91.9 cm³/mol. The molecule has 5 amide bonds. The monoisotopic (exact) mass is 414 g/mol. The number of esters is 1. The van der Waals surface area contributed by atoms with Gasteiger partial charge in [-0.25, -0.2) is 4.90 Å². The average Bonchev–Trinajstić information content (AvgIpc) is 3.22. The molecule has 2 aliphatic rings. The fourth-order valence-corrected chi connectivity index (χ4v) is 1.96. The van der Waals surface area contributed by atoms with Crippen molar-refractivity contribution in [3.05, 3.63) is 0 Å². The Morgan fingerprint density at radius 3 is 1.72 bits per heavy atom. The number of hydroxylamine groups is 2. The van der Waals surface area contributed by atoms with Gasteiger partial charge in [0, 0.05) is 38.5 Å². The highest BCUT2D eigenvalue weighted by Gasteiger charge is 2.33. The molecule has 2 aliphatic heterocycles. The molecule has 0 radical (unpaired) electrons. The molecule has 0 aromatic rings. The fourth-order valence-electron chi connectivity index (χ4n) is 1.96. The SMILES string of the molecule is CCC(=O)N1C(=O)CCC1=O.CCC(=O)OCC=O.O=CON1C(=O)CCC1=O. The third-order valence-corrected chi connectivity index (χ3v) is 3.36. The van der Waals surface area contributed by atoms with E-state index < -0.39 is 17.7 Å². The Kier molecular flexibility index (Phi) is 12.1. The number of imide groups is 4. The number of rotatable bonds is 6. The third kappa shape index (κ3) is 8.86. The zero-order valence-electron chi connectivity index (χ0n) is 16.1. The van der Waals surface area contributed by atoms with Gasteiger partial charge in [-0.3, -0.25) is 38.4 Å². The van der Waals surface area contributed by atoms with Gasteiger partial charge < -0.3 is 9.57 Å². The number of ether oxygens (including phenoxy) is 1. The second-order valence-electron chi connectivity index (χ2n) is 5.36. The molecule has 0 unspecified atom stereocenters. The molecule has 160 valence electrons. The zero-order chi connectivity index (χ0) is 22.4. The highest BCUT2D eigenvalue weighted by atomic mass is 16.7. The van der Waals surface area contributed by atoms with Crippen molar-refractivity contribution in [2.24, 2.45) is 0 Å². The van der Waals surface area contributed by atoms with Crippen LogP contribution in [0.25, 0.3) is 0 Å². The Hall–Kier alpha value is -3.44. The van der Waals surface area contributed by atoms with Crippen LogP contribution in [0.2, 0.25) is 0 Å². The van der Waals surface area contributed by atoms with Crippen molar-refractivity contribution in [1.29, 1.82) is 0 Å². The number of likely N-dealkylation sites (tertiary alicyclic amines) is 1. The molecule has 0 atom stereocenters. The van der Waals surface area contributed by atoms with Crippen molar-refractivity contribution in [3.8, 4) is 0 Å². The Labute approximate surface area is 166 Å². The maximum atomic E-state index is 10.9. The second-order valence-corrected chi connectivity index (χ2v) is 5.36. The third-order valence-electron chi connectivity index (χ3n) is 3.36. The van der Waals surface area contributed by atoms with E-state index in [4.69, 9.17) is 0 Å². The van der Waals surface area contributed by atoms with Gasteiger partial charge >= 0.3 is 12.4 Å². The lowest BCUT2D eigenvalue weighted by Gasteiger charge is -2.08. The molecular weight excluding hydrogens is 392 g/mol. The molecule has 29 heavy (non-hydrogen) atoms. The van der Waals surface area contributed by atoms with Crippen LogP contribution >= 0.6 is 0 Å². The molecule has 2 saturated heterocycles. The van der Waals surface area contributed by atoms with Crippen LogP contribution in [0.15, 0.2) is 0 Å². The van der Waals surface area contributed by atoms with Crippen LogP contribution in [0.5, 0.6) is 0 Å². The minimum absolute atomic E-state index is 0.0567. The Balaban J connectivity index is 0.000000412. The first kappa shape index (κ1) is 25.6. The molecule has 12 nitrogen and oxygen atoms in total. The number of aldehydes is 1. The molecule has 2 fully saturated rings. The summed E-state index contributed by atoms with van der Waals surface area (Å²) in [5.41, 5.74) is 0. The lowest BCUT2D eigenvalue weighted by atomic mass is 10.4. The van der Waals surface area contributed by atoms with Gasteiger partial charge in [-0.2, -0.15) is 0 Å². The van der Waals surface area contributed by atoms with Crippen molar-refractivity contribution in [2.75, 3.05) is 6.61 Å². The molecule has 12 heteroatoms. The largest absolute Gasteiger partial charge is 0.458 e. The Bertz CT molecular complexity index is 641. The van der Waals surface area contributed by atoms with E-state index >= 15 is 0 Å². The molecule has 0 N–H and O–H groups in total. The first-order valence-electron chi connectivity index (χ1n) is 8.67. The van der Waals surface area contributed by atoms with Gasteiger partial charge in [-0.05, 0) is 0 Å². The maximum absolute atomic E-state index is 10.9. The van der Waals surface area contributed by atoms with Gasteiger partial charge in [0.1, 0.15) is 6.61 Å². The van der Waals surface area contributed by atoms with Crippen LogP contribution in [0.3, 0.4) is 0 Å². The molecule has 2 heterocycles. The zero-order valence-corrected chi connectivity index (χ0v) is 16.1. The highest BCUT2D eigenvalue weighted by Crippen LogP contribution is 2.12. The summed E-state index contributed by atoms with van der Waals surface area (Å²) in [7, 11) is 0. The van der Waals surface area contributed by atoms with E-state index in [1.165, 1.54) is 0 Å². The number of carbonyl (C=O) groups is 8. The van der Waals surface area contributed by atoms with Gasteiger partial charge in [0.2, 0.25) is 17.7 Å². The van der Waals surface area contributed by atoms with Crippen molar-refractivity contribution in [1.82, 2.24) is 9.96 Å². The van der Waals surface area contributed by atoms with Crippen LogP contribution in [0.4, 0.5) is 0 Å². The fraction of sp³-hybridized carbons (Fsp3) is 0.529. The van der Waals surface area contributed by atoms with Gasteiger partial charge in [0.05, 0.1) is 0 Å². The van der Waals surface area contributed by atoms with Gasteiger partial charge in [0.25, 0.3) is 11.8 Å². The van der Waals surface area contributed by atoms with Crippen molar-refractivity contribution < 1.29 is 47.9 Å². The first-order valence-corrected chi connectivity index (χ1v) is 8.67. The summed E-state index contributed by atoms with van der Waals surface area (Å²) in [5, 5.41) is 0.479. The molecule has 0 aromatic carbocycles. The number of hydrogen-bond donors (Lipinski definition) is 0. The van der Waals surface area contributed by atoms with E-state index in [9.17, 15) is 38.4 Å². The van der Waals surface area contributed by atoms with Crippen molar-refractivity contribution >= 4 is 48.3 Å². The highest BCUT2D eigenvalue weighted by molar-refractivity contribution is 6.14. The predicted octanol–water partition coefficient (Wildman–Crippen LogP) is -0.566. The van der Waals surface area contributed by atoms with E-state index in [0.29, 0.717) is 17.8 Å². The summed E-state index contributed by atoms with van der Waals surface area (Å²) in [6.45, 7) is 3.24. The summed E-state index contributed by atoms with van der Waals surface area (Å²) >= 11 is 0. The van der Waals surface area contributed by atoms with Gasteiger partial charge in [0.15, 0.2) is 6.29 Å². The number of nitrogens with zero attached hydrogens (tertiary/aromatic N) is 2. The topological polar surface area (TPSA) is 162 Å². The molecule has 0 aromatic heterocycles. The van der Waals surface area contributed by atoms with E-state index in [1.807, 2.05) is 0 Å². The standard InChI is InChI=1S/C7H9NO3.C5H5NO4.C5H8O3/c1-2-5(9)8-6(10)3-4-7(8)11;7-3-10-6-4(8)1-2-5(6)9;1-2-5(7)8-4-3-6/h2-4H2,1H3;3H,1-2H2;3H,2,4H2,1H3. The molecule has 0 aliphatic carbocycles. The molecule has 2 rings (SSSR count). The summed E-state index contributed by atoms with van der Waals surface area (Å²) < 4.78 is 4.33. The molecule has 0 bridgehead atoms. The molecule has 0 saturated carbocycles. The van der Waals surface area contributed by atoms with Crippen LogP contribution in [0.1, 0.15) is 52.4 Å². The number of carbonyl (C=O) groups excluding carboxylic acids is 8. The summed E-state index contributed by atoms with van der Waals surface area (Å²) in [6, 6.07) is 0. The normalized spacial score (nSPS) is 15.1. The van der Waals surface area contributed by atoms with Crippen LogP contribution in [-0.4, -0.2) is 64.8 Å². The average molecular weight is 414 g/mol. The van der Waals surface area contributed by atoms with E-state index in [1.54, 1.807) is 13.8 Å². The van der Waals surface area contributed by atoms with Gasteiger partial charge in [-0.1, -0.05) is 13.8 Å². The number of amides is 5. The Morgan fingerprint density at radius 1 is 0.862 bits per heavy atom. The van der Waals surface area contributed by atoms with E-state index in [0.717, 1.165) is 4.90 Å². The molecule has 0 spiro atoms. The summed E-state index contributed by atoms with van der Waals surface area (Å²) in [4.78, 5) is 88.1. The van der Waals surface area contributed by atoms with E-state index in [2.05, 4.69) is 9.57 Å². The minimum atomic E-state index is -0.461. The van der Waals surface area contributed by atoms with Crippen LogP contribution < -0.4 is 0 Å². The van der Waals surface area contributed by atoms with Gasteiger partial charge in [-0.15, -0.1) is 5.06 Å². The smallest absolute Gasteiger partial charge is 0.321 e. The summed E-state index contributed by atoms with van der Waals surface area (Å²) in [6.07, 6.45) is 1.72. The van der Waals surface area contributed by atoms with Crippen molar-refractivity contribution in [2.45, 2.75) is 52.4 Å². The minimum Gasteiger partial charge on any atom is -0.458 e. The quantitative estimate of drug-likeness (QED) is 0.313. The lowest BCUT2D eigenvalue weighted by Crippen LogP contribution is -2.34. The van der Waals surface area contributed by atoms with Crippen LogP contribution in [0, 0.1) is 0 Å². The maximum Gasteiger partial charge on any atom is 0.321 e. The van der Waals surface area contributed by atoms with Crippen molar-refractivity contribution in [3.63, 3.8) is 0 Å². The summed E-state index contributed by atoms with van der Waals surface area (Å²) in [5.74, 6) is -2.37. The first-order chi connectivity index (χ1) is 13.7. The van der Waals surface area contributed by atoms with Crippen LogP contribution in [-0.2, 0) is 47.9 Å².